The number of hydrogen-bond donors (Lipinski definition) is 0. The van der Waals surface area contributed by atoms with Gasteiger partial charge in [-0.25, -0.2) is 0 Å². The number of carbonyl (C=O) groups is 1. The maximum atomic E-state index is 14.3. The van der Waals surface area contributed by atoms with Crippen LogP contribution in [0.25, 0.3) is 0 Å². The molecule has 1 fully saturated rings. The van der Waals surface area contributed by atoms with E-state index in [0.717, 1.165) is 6.42 Å². The smallest absolute Gasteiger partial charge is 0.310 e. The van der Waals surface area contributed by atoms with Gasteiger partial charge in [0.25, 0.3) is 5.92 Å². The zero-order chi connectivity index (χ0) is 15.3. The van der Waals surface area contributed by atoms with Crippen molar-refractivity contribution in [2.75, 3.05) is 26.2 Å². The third kappa shape index (κ3) is 4.24. The van der Waals surface area contributed by atoms with E-state index < -0.39 is 5.92 Å². The van der Waals surface area contributed by atoms with Crippen LogP contribution in [0.5, 0.6) is 0 Å². The number of ether oxygens (including phenoxy) is 1. The second kappa shape index (κ2) is 6.98. The molecule has 1 aromatic carbocycles. The van der Waals surface area contributed by atoms with Crippen molar-refractivity contribution in [2.24, 2.45) is 5.92 Å². The van der Waals surface area contributed by atoms with Crippen LogP contribution in [0.3, 0.4) is 0 Å². The van der Waals surface area contributed by atoms with Gasteiger partial charge in [-0.2, -0.15) is 8.78 Å². The molecule has 0 aliphatic carbocycles. The van der Waals surface area contributed by atoms with Crippen LogP contribution >= 0.6 is 0 Å². The summed E-state index contributed by atoms with van der Waals surface area (Å²) in [5, 5.41) is 0. The van der Waals surface area contributed by atoms with Crippen LogP contribution in [0.4, 0.5) is 8.78 Å². The quantitative estimate of drug-likeness (QED) is 0.782. The lowest BCUT2D eigenvalue weighted by atomic mass is 9.97. The maximum Gasteiger partial charge on any atom is 0.310 e. The first-order valence-corrected chi connectivity index (χ1v) is 7.35. The van der Waals surface area contributed by atoms with Gasteiger partial charge >= 0.3 is 5.97 Å². The number of rotatable bonds is 5. The van der Waals surface area contributed by atoms with E-state index in [1.807, 2.05) is 0 Å². The minimum absolute atomic E-state index is 0.0169. The fourth-order valence-electron chi connectivity index (χ4n) is 2.71. The number of piperidine rings is 1. The van der Waals surface area contributed by atoms with Gasteiger partial charge in [0, 0.05) is 12.1 Å². The van der Waals surface area contributed by atoms with Crippen molar-refractivity contribution in [1.29, 1.82) is 0 Å². The number of halogens is 2. The van der Waals surface area contributed by atoms with Gasteiger partial charge in [0.1, 0.15) is 0 Å². The van der Waals surface area contributed by atoms with Crippen molar-refractivity contribution in [3.63, 3.8) is 0 Å². The van der Waals surface area contributed by atoms with Gasteiger partial charge in [0.15, 0.2) is 0 Å². The molecule has 1 aliphatic heterocycles. The molecule has 1 aromatic rings. The summed E-state index contributed by atoms with van der Waals surface area (Å²) in [6, 6.07) is 7.82. The van der Waals surface area contributed by atoms with Gasteiger partial charge in [-0.05, 0) is 26.3 Å². The molecule has 116 valence electrons. The summed E-state index contributed by atoms with van der Waals surface area (Å²) in [6.07, 6.45) is 1.46. The summed E-state index contributed by atoms with van der Waals surface area (Å²) < 4.78 is 33.5. The van der Waals surface area contributed by atoms with Crippen molar-refractivity contribution in [1.82, 2.24) is 4.90 Å². The summed E-state index contributed by atoms with van der Waals surface area (Å²) in [4.78, 5) is 13.4. The minimum Gasteiger partial charge on any atom is -0.466 e. The van der Waals surface area contributed by atoms with Crippen LogP contribution in [-0.4, -0.2) is 37.1 Å². The van der Waals surface area contributed by atoms with Crippen LogP contribution in [0.15, 0.2) is 30.3 Å². The van der Waals surface area contributed by atoms with Crippen LogP contribution in [0.2, 0.25) is 0 Å². The Morgan fingerprint density at radius 3 is 2.76 bits per heavy atom. The summed E-state index contributed by atoms with van der Waals surface area (Å²) in [6.45, 7) is 2.67. The fourth-order valence-corrected chi connectivity index (χ4v) is 2.71. The zero-order valence-corrected chi connectivity index (χ0v) is 12.2. The Morgan fingerprint density at radius 1 is 1.38 bits per heavy atom. The van der Waals surface area contributed by atoms with E-state index in [1.54, 1.807) is 30.0 Å². The van der Waals surface area contributed by atoms with Crippen molar-refractivity contribution in [3.05, 3.63) is 35.9 Å². The molecule has 2 rings (SSSR count). The van der Waals surface area contributed by atoms with Crippen molar-refractivity contribution < 1.29 is 18.3 Å². The number of nitrogens with zero attached hydrogens (tertiary/aromatic N) is 1. The van der Waals surface area contributed by atoms with Gasteiger partial charge in [-0.1, -0.05) is 30.3 Å². The first kappa shape index (κ1) is 15.9. The molecular formula is C16H21F2NO2. The molecule has 0 saturated carbocycles. The largest absolute Gasteiger partial charge is 0.466 e. The summed E-state index contributed by atoms with van der Waals surface area (Å²) in [5.74, 6) is -3.46. The van der Waals surface area contributed by atoms with Crippen LogP contribution in [0, 0.1) is 5.92 Å². The Kier molecular flexibility index (Phi) is 5.28. The van der Waals surface area contributed by atoms with Crippen molar-refractivity contribution >= 4 is 5.97 Å². The van der Waals surface area contributed by atoms with E-state index in [-0.39, 0.29) is 24.0 Å². The van der Waals surface area contributed by atoms with Gasteiger partial charge in [-0.15, -0.1) is 0 Å². The molecule has 0 amide bonds. The first-order valence-electron chi connectivity index (χ1n) is 7.35. The molecule has 1 atom stereocenters. The van der Waals surface area contributed by atoms with Crippen LogP contribution in [0.1, 0.15) is 25.3 Å². The Bertz CT molecular complexity index is 465. The van der Waals surface area contributed by atoms with Crippen molar-refractivity contribution in [2.45, 2.75) is 25.7 Å². The minimum atomic E-state index is -2.90. The molecule has 1 heterocycles. The Hall–Kier alpha value is -1.49. The highest BCUT2D eigenvalue weighted by molar-refractivity contribution is 5.72. The molecule has 0 radical (unpaired) electrons. The number of hydrogen-bond acceptors (Lipinski definition) is 3. The average molecular weight is 297 g/mol. The fraction of sp³-hybridized carbons (Fsp3) is 0.562. The van der Waals surface area contributed by atoms with E-state index >= 15 is 0 Å². The van der Waals surface area contributed by atoms with Gasteiger partial charge < -0.3 is 4.74 Å². The molecule has 0 N–H and O–H groups in total. The highest BCUT2D eigenvalue weighted by Crippen LogP contribution is 2.30. The van der Waals surface area contributed by atoms with Crippen LogP contribution < -0.4 is 0 Å². The zero-order valence-electron chi connectivity index (χ0n) is 12.2. The summed E-state index contributed by atoms with van der Waals surface area (Å²) in [5.41, 5.74) is 0.0169. The van der Waals surface area contributed by atoms with E-state index in [4.69, 9.17) is 4.74 Å². The molecule has 0 aromatic heterocycles. The normalized spacial score (nSPS) is 20.2. The van der Waals surface area contributed by atoms with E-state index in [9.17, 15) is 13.6 Å². The molecule has 3 nitrogen and oxygen atoms in total. The van der Waals surface area contributed by atoms with E-state index in [1.165, 1.54) is 12.1 Å². The van der Waals surface area contributed by atoms with E-state index in [0.29, 0.717) is 26.1 Å². The topological polar surface area (TPSA) is 29.5 Å². The summed E-state index contributed by atoms with van der Waals surface area (Å²) in [7, 11) is 0. The first-order chi connectivity index (χ1) is 10.0. The third-order valence-corrected chi connectivity index (χ3v) is 3.74. The molecular weight excluding hydrogens is 276 g/mol. The molecule has 0 bridgehead atoms. The lowest BCUT2D eigenvalue weighted by molar-refractivity contribution is -0.150. The highest BCUT2D eigenvalue weighted by Gasteiger charge is 2.36. The molecule has 21 heavy (non-hydrogen) atoms. The Labute approximate surface area is 123 Å². The molecule has 5 heteroatoms. The molecule has 1 saturated heterocycles. The highest BCUT2D eigenvalue weighted by atomic mass is 19.3. The SMILES string of the molecule is CCOC(=O)[C@H]1CCCN(CC(F)(F)c2ccccc2)C1. The lowest BCUT2D eigenvalue weighted by Gasteiger charge is -2.33. The molecule has 0 unspecified atom stereocenters. The molecule has 0 spiro atoms. The molecule has 1 aliphatic rings. The number of carbonyl (C=O) groups excluding carboxylic acids is 1. The van der Waals surface area contributed by atoms with Crippen LogP contribution in [-0.2, 0) is 15.5 Å². The second-order valence-corrected chi connectivity index (χ2v) is 5.40. The standard InChI is InChI=1S/C16H21F2NO2/c1-2-21-15(20)13-7-6-10-19(11-13)12-16(17,18)14-8-4-3-5-9-14/h3-5,8-9,13H,2,6-7,10-12H2,1H3/t13-/m0/s1. The lowest BCUT2D eigenvalue weighted by Crippen LogP contribution is -2.44. The predicted octanol–water partition coefficient (Wildman–Crippen LogP) is 3.05. The number of alkyl halides is 2. The monoisotopic (exact) mass is 297 g/mol. The Balaban J connectivity index is 1.97. The number of benzene rings is 1. The maximum absolute atomic E-state index is 14.3. The number of likely N-dealkylation sites (tertiary alicyclic amines) is 1. The Morgan fingerprint density at radius 2 is 2.10 bits per heavy atom. The third-order valence-electron chi connectivity index (χ3n) is 3.74. The van der Waals surface area contributed by atoms with Gasteiger partial charge in [-0.3, -0.25) is 9.69 Å². The van der Waals surface area contributed by atoms with Gasteiger partial charge in [0.2, 0.25) is 0 Å². The van der Waals surface area contributed by atoms with Gasteiger partial charge in [0.05, 0.1) is 19.1 Å². The predicted molar refractivity (Wildman–Crippen MR) is 76.1 cm³/mol. The van der Waals surface area contributed by atoms with E-state index in [2.05, 4.69) is 0 Å². The number of esters is 1. The second-order valence-electron chi connectivity index (χ2n) is 5.40. The average Bonchev–Trinajstić information content (AvgIpc) is 2.48. The van der Waals surface area contributed by atoms with Crippen molar-refractivity contribution in [3.8, 4) is 0 Å². The summed E-state index contributed by atoms with van der Waals surface area (Å²) >= 11 is 0.